The van der Waals surface area contributed by atoms with Crippen LogP contribution in [0.25, 0.3) is 0 Å². The summed E-state index contributed by atoms with van der Waals surface area (Å²) < 4.78 is 5.37. The fourth-order valence-electron chi connectivity index (χ4n) is 1.74. The summed E-state index contributed by atoms with van der Waals surface area (Å²) in [6, 6.07) is 0. The summed E-state index contributed by atoms with van der Waals surface area (Å²) in [5.74, 6) is -0.105. The molecule has 0 aromatic rings. The minimum atomic E-state index is -0.587. The van der Waals surface area contributed by atoms with E-state index in [0.717, 1.165) is 6.42 Å². The van der Waals surface area contributed by atoms with Crippen molar-refractivity contribution >= 4 is 11.8 Å². The first-order chi connectivity index (χ1) is 7.94. The van der Waals surface area contributed by atoms with Crippen LogP contribution < -0.4 is 10.6 Å². The molecule has 1 saturated heterocycles. The zero-order valence-corrected chi connectivity index (χ0v) is 10.8. The molecule has 1 unspecified atom stereocenters. The largest absolute Gasteiger partial charge is 0.379 e. The number of rotatable bonds is 6. The van der Waals surface area contributed by atoms with E-state index in [-0.39, 0.29) is 24.3 Å². The molecule has 5 heteroatoms. The van der Waals surface area contributed by atoms with Gasteiger partial charge in [0.25, 0.3) is 0 Å². The van der Waals surface area contributed by atoms with E-state index in [1.807, 2.05) is 20.8 Å². The van der Waals surface area contributed by atoms with Gasteiger partial charge in [-0.15, -0.1) is 0 Å². The predicted octanol–water partition coefficient (Wildman–Crippen LogP) is 0.444. The summed E-state index contributed by atoms with van der Waals surface area (Å²) in [5, 5.41) is 5.53. The van der Waals surface area contributed by atoms with E-state index in [9.17, 15) is 9.59 Å². The van der Waals surface area contributed by atoms with E-state index in [1.54, 1.807) is 0 Å². The van der Waals surface area contributed by atoms with Crippen LogP contribution in [0.5, 0.6) is 0 Å². The van der Waals surface area contributed by atoms with Crippen LogP contribution in [0.3, 0.4) is 0 Å². The molecule has 0 aliphatic carbocycles. The van der Waals surface area contributed by atoms with E-state index < -0.39 is 5.41 Å². The fraction of sp³-hybridized carbons (Fsp3) is 0.833. The molecule has 0 saturated carbocycles. The second kappa shape index (κ2) is 6.00. The van der Waals surface area contributed by atoms with Crippen LogP contribution in [-0.2, 0) is 14.3 Å². The lowest BCUT2D eigenvalue weighted by Gasteiger charge is -2.20. The van der Waals surface area contributed by atoms with Crippen LogP contribution >= 0.6 is 0 Å². The van der Waals surface area contributed by atoms with E-state index in [2.05, 4.69) is 10.6 Å². The Morgan fingerprint density at radius 2 is 2.29 bits per heavy atom. The third kappa shape index (κ3) is 4.34. The van der Waals surface area contributed by atoms with Crippen LogP contribution in [-0.4, -0.2) is 37.6 Å². The van der Waals surface area contributed by atoms with Gasteiger partial charge in [-0.2, -0.15) is 0 Å². The third-order valence-electron chi connectivity index (χ3n) is 2.83. The summed E-state index contributed by atoms with van der Waals surface area (Å²) in [5.41, 5.74) is -0.587. The molecular formula is C12H22N2O3. The van der Waals surface area contributed by atoms with E-state index in [1.165, 1.54) is 0 Å². The standard InChI is InChI=1S/C12H22N2O3/c1-9(2)17-6-4-5-13-11(16)12(3)7-10(15)14-8-12/h9H,4-8H2,1-3H3,(H,13,16)(H,14,15). The van der Waals surface area contributed by atoms with Gasteiger partial charge in [0.1, 0.15) is 0 Å². The Hall–Kier alpha value is -1.10. The lowest BCUT2D eigenvalue weighted by Crippen LogP contribution is -2.41. The summed E-state index contributed by atoms with van der Waals surface area (Å²) >= 11 is 0. The SMILES string of the molecule is CC(C)OCCCNC(=O)C1(C)CNC(=O)C1. The Kier molecular flexibility index (Phi) is 4.93. The second-order valence-electron chi connectivity index (χ2n) is 5.04. The summed E-state index contributed by atoms with van der Waals surface area (Å²) in [7, 11) is 0. The molecule has 1 fully saturated rings. The topological polar surface area (TPSA) is 67.4 Å². The summed E-state index contributed by atoms with van der Waals surface area (Å²) in [4.78, 5) is 23.0. The van der Waals surface area contributed by atoms with Gasteiger partial charge in [0, 0.05) is 26.1 Å². The zero-order valence-electron chi connectivity index (χ0n) is 10.8. The van der Waals surface area contributed by atoms with Gasteiger partial charge in [-0.05, 0) is 27.2 Å². The molecule has 2 N–H and O–H groups in total. The number of hydrogen-bond donors (Lipinski definition) is 2. The molecule has 1 rings (SSSR count). The highest BCUT2D eigenvalue weighted by Gasteiger charge is 2.40. The van der Waals surface area contributed by atoms with Crippen molar-refractivity contribution in [2.75, 3.05) is 19.7 Å². The second-order valence-corrected chi connectivity index (χ2v) is 5.04. The molecular weight excluding hydrogens is 220 g/mol. The molecule has 0 radical (unpaired) electrons. The first-order valence-electron chi connectivity index (χ1n) is 6.11. The van der Waals surface area contributed by atoms with Crippen LogP contribution in [0.2, 0.25) is 0 Å². The van der Waals surface area contributed by atoms with Crippen LogP contribution in [0.15, 0.2) is 0 Å². The first-order valence-corrected chi connectivity index (χ1v) is 6.11. The van der Waals surface area contributed by atoms with Crippen molar-refractivity contribution in [1.82, 2.24) is 10.6 Å². The van der Waals surface area contributed by atoms with Gasteiger partial charge in [0.15, 0.2) is 0 Å². The Morgan fingerprint density at radius 3 is 2.82 bits per heavy atom. The maximum atomic E-state index is 11.9. The first kappa shape index (κ1) is 14.0. The zero-order chi connectivity index (χ0) is 12.9. The molecule has 17 heavy (non-hydrogen) atoms. The lowest BCUT2D eigenvalue weighted by molar-refractivity contribution is -0.131. The number of carbonyl (C=O) groups is 2. The van der Waals surface area contributed by atoms with Gasteiger partial charge in [-0.1, -0.05) is 0 Å². The molecule has 0 aromatic heterocycles. The maximum absolute atomic E-state index is 11.9. The van der Waals surface area contributed by atoms with Gasteiger partial charge in [0.05, 0.1) is 11.5 Å². The van der Waals surface area contributed by atoms with E-state index in [0.29, 0.717) is 19.7 Å². The summed E-state index contributed by atoms with van der Waals surface area (Å²) in [6.45, 7) is 7.44. The Labute approximate surface area is 102 Å². The Balaban J connectivity index is 2.19. The van der Waals surface area contributed by atoms with Gasteiger partial charge in [-0.25, -0.2) is 0 Å². The van der Waals surface area contributed by atoms with Crippen molar-refractivity contribution < 1.29 is 14.3 Å². The molecule has 1 aliphatic heterocycles. The van der Waals surface area contributed by atoms with E-state index in [4.69, 9.17) is 4.74 Å². The quantitative estimate of drug-likeness (QED) is 0.664. The molecule has 0 spiro atoms. The van der Waals surface area contributed by atoms with Crippen molar-refractivity contribution in [3.8, 4) is 0 Å². The van der Waals surface area contributed by atoms with Gasteiger partial charge < -0.3 is 15.4 Å². The van der Waals surface area contributed by atoms with Crippen molar-refractivity contribution in [2.24, 2.45) is 5.41 Å². The van der Waals surface area contributed by atoms with Crippen molar-refractivity contribution in [3.63, 3.8) is 0 Å². The number of nitrogens with one attached hydrogen (secondary N) is 2. The summed E-state index contributed by atoms with van der Waals surface area (Å²) in [6.07, 6.45) is 1.29. The highest BCUT2D eigenvalue weighted by Crippen LogP contribution is 2.25. The molecule has 0 aromatic carbocycles. The average molecular weight is 242 g/mol. The maximum Gasteiger partial charge on any atom is 0.228 e. The van der Waals surface area contributed by atoms with Gasteiger partial charge in [0.2, 0.25) is 11.8 Å². The minimum Gasteiger partial charge on any atom is -0.379 e. The number of amides is 2. The van der Waals surface area contributed by atoms with Crippen molar-refractivity contribution in [1.29, 1.82) is 0 Å². The molecule has 1 atom stereocenters. The Morgan fingerprint density at radius 1 is 1.59 bits per heavy atom. The number of hydrogen-bond acceptors (Lipinski definition) is 3. The van der Waals surface area contributed by atoms with Crippen molar-refractivity contribution in [2.45, 2.75) is 39.7 Å². The van der Waals surface area contributed by atoms with Crippen molar-refractivity contribution in [3.05, 3.63) is 0 Å². The number of carbonyl (C=O) groups excluding carboxylic acids is 2. The Bertz CT molecular complexity index is 291. The van der Waals surface area contributed by atoms with Gasteiger partial charge >= 0.3 is 0 Å². The van der Waals surface area contributed by atoms with Gasteiger partial charge in [-0.3, -0.25) is 9.59 Å². The predicted molar refractivity (Wildman–Crippen MR) is 64.4 cm³/mol. The molecule has 98 valence electrons. The van der Waals surface area contributed by atoms with Crippen LogP contribution in [0, 0.1) is 5.41 Å². The molecule has 5 nitrogen and oxygen atoms in total. The molecule has 1 heterocycles. The molecule has 0 bridgehead atoms. The lowest BCUT2D eigenvalue weighted by atomic mass is 9.88. The molecule has 2 amide bonds. The third-order valence-corrected chi connectivity index (χ3v) is 2.83. The fourth-order valence-corrected chi connectivity index (χ4v) is 1.74. The minimum absolute atomic E-state index is 0.0502. The number of ether oxygens (including phenoxy) is 1. The van der Waals surface area contributed by atoms with Crippen LogP contribution in [0.4, 0.5) is 0 Å². The highest BCUT2D eigenvalue weighted by molar-refractivity contribution is 5.92. The molecule has 1 aliphatic rings. The normalized spacial score (nSPS) is 23.9. The van der Waals surface area contributed by atoms with Crippen LogP contribution in [0.1, 0.15) is 33.6 Å². The smallest absolute Gasteiger partial charge is 0.228 e. The average Bonchev–Trinajstić information content (AvgIpc) is 2.59. The van der Waals surface area contributed by atoms with E-state index >= 15 is 0 Å². The monoisotopic (exact) mass is 242 g/mol. The highest BCUT2D eigenvalue weighted by atomic mass is 16.5.